The summed E-state index contributed by atoms with van der Waals surface area (Å²) < 4.78 is 6.13. The number of ether oxygens (including phenoxy) is 1. The molecule has 7 heteroatoms. The van der Waals surface area contributed by atoms with E-state index in [1.165, 1.54) is 11.8 Å². The van der Waals surface area contributed by atoms with E-state index in [0.29, 0.717) is 15.0 Å². The summed E-state index contributed by atoms with van der Waals surface area (Å²) in [7, 11) is 0. The molecule has 1 saturated heterocycles. The van der Waals surface area contributed by atoms with Crippen LogP contribution in [0.4, 0.5) is 11.4 Å². The number of amides is 2. The molecule has 0 spiro atoms. The van der Waals surface area contributed by atoms with Crippen LogP contribution in [0.5, 0.6) is 5.75 Å². The van der Waals surface area contributed by atoms with Crippen LogP contribution < -0.4 is 15.0 Å². The Hall–Kier alpha value is -3.42. The highest BCUT2D eigenvalue weighted by Crippen LogP contribution is 2.36. The van der Waals surface area contributed by atoms with E-state index in [-0.39, 0.29) is 18.4 Å². The Morgan fingerprint density at radius 2 is 1.68 bits per heavy atom. The van der Waals surface area contributed by atoms with Crippen molar-refractivity contribution in [1.29, 1.82) is 0 Å². The second-order valence-corrected chi connectivity index (χ2v) is 9.75. The monoisotopic (exact) mass is 488 g/mol. The fourth-order valence-corrected chi connectivity index (χ4v) is 4.70. The van der Waals surface area contributed by atoms with E-state index in [1.807, 2.05) is 81.4 Å². The molecule has 1 aliphatic heterocycles. The molecule has 34 heavy (non-hydrogen) atoms. The third kappa shape index (κ3) is 5.55. The van der Waals surface area contributed by atoms with Crippen LogP contribution in [0, 0.1) is 20.8 Å². The lowest BCUT2D eigenvalue weighted by molar-refractivity contribution is -0.118. The molecular formula is C27H24N2O3S2. The third-order valence-corrected chi connectivity index (χ3v) is 6.60. The summed E-state index contributed by atoms with van der Waals surface area (Å²) in [6.45, 7) is 5.83. The van der Waals surface area contributed by atoms with Crippen LogP contribution >= 0.6 is 24.0 Å². The van der Waals surface area contributed by atoms with Gasteiger partial charge >= 0.3 is 0 Å². The van der Waals surface area contributed by atoms with Gasteiger partial charge < -0.3 is 10.1 Å². The summed E-state index contributed by atoms with van der Waals surface area (Å²) in [6, 6.07) is 20.9. The van der Waals surface area contributed by atoms with E-state index in [2.05, 4.69) is 5.32 Å². The van der Waals surface area contributed by atoms with Crippen molar-refractivity contribution in [3.05, 3.63) is 93.9 Å². The molecule has 0 saturated carbocycles. The van der Waals surface area contributed by atoms with E-state index in [9.17, 15) is 9.59 Å². The highest BCUT2D eigenvalue weighted by molar-refractivity contribution is 8.27. The fraction of sp³-hybridized carbons (Fsp3) is 0.148. The summed E-state index contributed by atoms with van der Waals surface area (Å²) in [5, 5.41) is 2.88. The van der Waals surface area contributed by atoms with E-state index in [1.54, 1.807) is 17.0 Å². The van der Waals surface area contributed by atoms with Crippen LogP contribution in [0.3, 0.4) is 0 Å². The number of rotatable bonds is 6. The van der Waals surface area contributed by atoms with Crippen LogP contribution in [0.15, 0.2) is 71.6 Å². The normalized spacial score (nSPS) is 14.6. The molecule has 172 valence electrons. The number of nitrogens with zero attached hydrogens (tertiary/aromatic N) is 1. The number of thiocarbonyl (C=S) groups is 1. The molecule has 0 aliphatic carbocycles. The topological polar surface area (TPSA) is 58.6 Å². The first-order valence-corrected chi connectivity index (χ1v) is 12.0. The standard InChI is InChI=1S/C27H24N2O3S2/c1-17-5-10-21(11-6-17)29-26(31)24(34-27(29)33)15-20-8-12-22(13-9-20)32-16-25(30)28-23-14-18(2)4-7-19(23)3/h4-15H,16H2,1-3H3,(H,28,30)/b24-15-. The molecule has 5 nitrogen and oxygen atoms in total. The van der Waals surface area contributed by atoms with Crippen molar-refractivity contribution in [3.8, 4) is 5.75 Å². The molecule has 1 heterocycles. The van der Waals surface area contributed by atoms with E-state index in [4.69, 9.17) is 17.0 Å². The lowest BCUT2D eigenvalue weighted by atomic mass is 10.1. The molecule has 0 bridgehead atoms. The lowest BCUT2D eigenvalue weighted by Gasteiger charge is -2.14. The second-order valence-electron chi connectivity index (χ2n) is 8.08. The van der Waals surface area contributed by atoms with E-state index >= 15 is 0 Å². The molecule has 1 aliphatic rings. The van der Waals surface area contributed by atoms with Crippen LogP contribution in [0.1, 0.15) is 22.3 Å². The van der Waals surface area contributed by atoms with Gasteiger partial charge in [0.2, 0.25) is 0 Å². The Balaban J connectivity index is 1.37. The molecule has 0 aromatic heterocycles. The first-order valence-electron chi connectivity index (χ1n) is 10.7. The molecule has 3 aromatic carbocycles. The van der Waals surface area contributed by atoms with Gasteiger partial charge in [-0.3, -0.25) is 14.5 Å². The van der Waals surface area contributed by atoms with Crippen molar-refractivity contribution in [2.45, 2.75) is 20.8 Å². The Morgan fingerprint density at radius 1 is 1.00 bits per heavy atom. The molecule has 0 atom stereocenters. The van der Waals surface area contributed by atoms with Crippen molar-refractivity contribution in [2.24, 2.45) is 0 Å². The number of aryl methyl sites for hydroxylation is 3. The number of benzene rings is 3. The maximum absolute atomic E-state index is 12.9. The Kier molecular flexibility index (Phi) is 7.14. The van der Waals surface area contributed by atoms with Gasteiger partial charge in [-0.05, 0) is 73.9 Å². The van der Waals surface area contributed by atoms with E-state index < -0.39 is 0 Å². The minimum absolute atomic E-state index is 0.0953. The molecule has 2 amide bonds. The molecule has 1 fully saturated rings. The molecule has 4 rings (SSSR count). The average Bonchev–Trinajstić information content (AvgIpc) is 3.09. The van der Waals surface area contributed by atoms with E-state index in [0.717, 1.165) is 33.6 Å². The highest BCUT2D eigenvalue weighted by atomic mass is 32.2. The predicted octanol–water partition coefficient (Wildman–Crippen LogP) is 6.04. The van der Waals surface area contributed by atoms with Gasteiger partial charge in [-0.2, -0.15) is 0 Å². The zero-order valence-electron chi connectivity index (χ0n) is 19.1. The van der Waals surface area contributed by atoms with Crippen LogP contribution in [0.2, 0.25) is 0 Å². The van der Waals surface area contributed by atoms with Gasteiger partial charge in [-0.25, -0.2) is 0 Å². The Labute approximate surface area is 208 Å². The first kappa shape index (κ1) is 23.7. The molecular weight excluding hydrogens is 464 g/mol. The van der Waals surface area contributed by atoms with Crippen LogP contribution in [0.25, 0.3) is 6.08 Å². The van der Waals surface area contributed by atoms with Crippen LogP contribution in [-0.2, 0) is 9.59 Å². The quantitative estimate of drug-likeness (QED) is 0.339. The van der Waals surface area contributed by atoms with Crippen molar-refractivity contribution in [2.75, 3.05) is 16.8 Å². The maximum Gasteiger partial charge on any atom is 0.270 e. The highest BCUT2D eigenvalue weighted by Gasteiger charge is 2.33. The number of carbonyl (C=O) groups is 2. The summed E-state index contributed by atoms with van der Waals surface area (Å²) in [5.74, 6) is 0.209. The van der Waals surface area contributed by atoms with Gasteiger partial charge in [-0.15, -0.1) is 0 Å². The Morgan fingerprint density at radius 3 is 2.38 bits per heavy atom. The van der Waals surface area contributed by atoms with Crippen molar-refractivity contribution in [1.82, 2.24) is 0 Å². The summed E-state index contributed by atoms with van der Waals surface area (Å²) in [5.41, 5.74) is 5.59. The van der Waals surface area contributed by atoms with Crippen molar-refractivity contribution >= 4 is 57.6 Å². The zero-order chi connectivity index (χ0) is 24.2. The minimum Gasteiger partial charge on any atom is -0.484 e. The van der Waals surface area contributed by atoms with Gasteiger partial charge in [0.15, 0.2) is 10.9 Å². The fourth-order valence-electron chi connectivity index (χ4n) is 3.40. The summed E-state index contributed by atoms with van der Waals surface area (Å²) >= 11 is 6.72. The summed E-state index contributed by atoms with van der Waals surface area (Å²) in [4.78, 5) is 27.3. The maximum atomic E-state index is 12.9. The predicted molar refractivity (Wildman–Crippen MR) is 143 cm³/mol. The molecule has 0 radical (unpaired) electrons. The molecule has 3 aromatic rings. The second kappa shape index (κ2) is 10.2. The number of hydrogen-bond acceptors (Lipinski definition) is 5. The van der Waals surface area contributed by atoms with Crippen molar-refractivity contribution in [3.63, 3.8) is 0 Å². The number of hydrogen-bond donors (Lipinski definition) is 1. The molecule has 0 unspecified atom stereocenters. The third-order valence-electron chi connectivity index (χ3n) is 5.30. The molecule has 1 N–H and O–H groups in total. The zero-order valence-corrected chi connectivity index (χ0v) is 20.8. The SMILES string of the molecule is Cc1ccc(N2C(=O)/C(=C/c3ccc(OCC(=O)Nc4cc(C)ccc4C)cc3)SC2=S)cc1. The van der Waals surface area contributed by atoms with Gasteiger partial charge in [0.25, 0.3) is 11.8 Å². The van der Waals surface area contributed by atoms with Gasteiger partial charge in [0.1, 0.15) is 5.75 Å². The number of carbonyl (C=O) groups excluding carboxylic acids is 2. The Bertz CT molecular complexity index is 1280. The minimum atomic E-state index is -0.224. The number of nitrogens with one attached hydrogen (secondary N) is 1. The van der Waals surface area contributed by atoms with Gasteiger partial charge in [0.05, 0.1) is 10.6 Å². The number of thioether (sulfide) groups is 1. The van der Waals surface area contributed by atoms with Crippen molar-refractivity contribution < 1.29 is 14.3 Å². The van der Waals surface area contributed by atoms with Gasteiger partial charge in [-0.1, -0.05) is 65.9 Å². The lowest BCUT2D eigenvalue weighted by Crippen LogP contribution is -2.27. The smallest absolute Gasteiger partial charge is 0.270 e. The van der Waals surface area contributed by atoms with Crippen LogP contribution in [-0.4, -0.2) is 22.7 Å². The largest absolute Gasteiger partial charge is 0.484 e. The number of anilines is 2. The van der Waals surface area contributed by atoms with Gasteiger partial charge in [0, 0.05) is 5.69 Å². The first-order chi connectivity index (χ1) is 16.3. The summed E-state index contributed by atoms with van der Waals surface area (Å²) in [6.07, 6.45) is 1.81. The average molecular weight is 489 g/mol.